The summed E-state index contributed by atoms with van der Waals surface area (Å²) < 4.78 is 0. The summed E-state index contributed by atoms with van der Waals surface area (Å²) in [6, 6.07) is 8.51. The van der Waals surface area contributed by atoms with Crippen LogP contribution in [-0.4, -0.2) is 42.5 Å². The van der Waals surface area contributed by atoms with Crippen molar-refractivity contribution in [3.05, 3.63) is 29.8 Å². The first-order chi connectivity index (χ1) is 10.1. The average Bonchev–Trinajstić information content (AvgIpc) is 2.92. The molecule has 21 heavy (non-hydrogen) atoms. The number of nitrogens with zero attached hydrogens (tertiary/aromatic N) is 1. The molecule has 2 rings (SSSR count). The lowest BCUT2D eigenvalue weighted by atomic mass is 10.1. The predicted molar refractivity (Wildman–Crippen MR) is 87.8 cm³/mol. The molecule has 1 aliphatic heterocycles. The molecule has 1 aromatic carbocycles. The molecule has 1 unspecified atom stereocenters. The molecule has 0 aliphatic carbocycles. The van der Waals surface area contributed by atoms with E-state index in [4.69, 9.17) is 0 Å². The van der Waals surface area contributed by atoms with Crippen molar-refractivity contribution in [2.45, 2.75) is 45.7 Å². The van der Waals surface area contributed by atoms with Crippen LogP contribution in [0.25, 0.3) is 0 Å². The number of carbonyl (C=O) groups excluding carboxylic acids is 1. The van der Waals surface area contributed by atoms with Gasteiger partial charge in [0.05, 0.1) is 5.56 Å². The van der Waals surface area contributed by atoms with E-state index in [1.165, 1.54) is 12.8 Å². The third-order valence-corrected chi connectivity index (χ3v) is 4.02. The van der Waals surface area contributed by atoms with Gasteiger partial charge >= 0.3 is 0 Å². The Hall–Kier alpha value is -1.55. The topological polar surface area (TPSA) is 44.4 Å². The minimum atomic E-state index is 0.0155. The Bertz CT molecular complexity index is 473. The van der Waals surface area contributed by atoms with Crippen molar-refractivity contribution in [3.63, 3.8) is 0 Å². The molecule has 1 saturated heterocycles. The van der Waals surface area contributed by atoms with Gasteiger partial charge in [-0.25, -0.2) is 0 Å². The number of rotatable bonds is 6. The summed E-state index contributed by atoms with van der Waals surface area (Å²) in [5, 5.41) is 6.43. The molecule has 0 radical (unpaired) electrons. The average molecular weight is 289 g/mol. The summed E-state index contributed by atoms with van der Waals surface area (Å²) >= 11 is 0. The van der Waals surface area contributed by atoms with Gasteiger partial charge in [-0.2, -0.15) is 0 Å². The van der Waals surface area contributed by atoms with E-state index in [0.29, 0.717) is 12.1 Å². The van der Waals surface area contributed by atoms with Crippen molar-refractivity contribution in [1.82, 2.24) is 10.2 Å². The van der Waals surface area contributed by atoms with Gasteiger partial charge in [-0.3, -0.25) is 9.69 Å². The predicted octanol–water partition coefficient (Wildman–Crippen LogP) is 2.72. The lowest BCUT2D eigenvalue weighted by Crippen LogP contribution is -2.40. The Morgan fingerprint density at radius 2 is 2.14 bits per heavy atom. The van der Waals surface area contributed by atoms with Crippen molar-refractivity contribution in [2.24, 2.45) is 0 Å². The van der Waals surface area contributed by atoms with Gasteiger partial charge in [0.25, 0.3) is 5.91 Å². The maximum absolute atomic E-state index is 12.4. The Morgan fingerprint density at radius 1 is 1.38 bits per heavy atom. The van der Waals surface area contributed by atoms with E-state index in [1.807, 2.05) is 24.3 Å². The largest absolute Gasteiger partial charge is 0.382 e. The highest BCUT2D eigenvalue weighted by Gasteiger charge is 2.23. The molecule has 0 spiro atoms. The fraction of sp³-hybridized carbons (Fsp3) is 0.588. The van der Waals surface area contributed by atoms with Crippen LogP contribution >= 0.6 is 0 Å². The minimum Gasteiger partial charge on any atom is -0.382 e. The maximum atomic E-state index is 12.4. The normalized spacial score (nSPS) is 19.0. The number of benzene rings is 1. The summed E-state index contributed by atoms with van der Waals surface area (Å²) in [6.45, 7) is 9.29. The second-order valence-corrected chi connectivity index (χ2v) is 5.98. The first-order valence-corrected chi connectivity index (χ1v) is 7.99. The summed E-state index contributed by atoms with van der Waals surface area (Å²) in [5.41, 5.74) is 1.64. The van der Waals surface area contributed by atoms with Gasteiger partial charge in [-0.15, -0.1) is 0 Å². The smallest absolute Gasteiger partial charge is 0.253 e. The number of amides is 1. The van der Waals surface area contributed by atoms with Crippen molar-refractivity contribution in [2.75, 3.05) is 25.0 Å². The number of carbonyl (C=O) groups is 1. The molecule has 0 aromatic heterocycles. The van der Waals surface area contributed by atoms with Crippen LogP contribution in [0.1, 0.15) is 44.0 Å². The van der Waals surface area contributed by atoms with Crippen molar-refractivity contribution in [1.29, 1.82) is 0 Å². The van der Waals surface area contributed by atoms with Crippen LogP contribution in [0, 0.1) is 0 Å². The van der Waals surface area contributed by atoms with Crippen LogP contribution in [0.5, 0.6) is 0 Å². The number of nitrogens with one attached hydrogen (secondary N) is 2. The number of likely N-dealkylation sites (tertiary alicyclic amines) is 1. The second-order valence-electron chi connectivity index (χ2n) is 5.98. The third kappa shape index (κ3) is 4.21. The Kier molecular flexibility index (Phi) is 5.62. The highest BCUT2D eigenvalue weighted by Crippen LogP contribution is 2.18. The molecular formula is C17H27N3O. The molecule has 0 saturated carbocycles. The van der Waals surface area contributed by atoms with Crippen LogP contribution < -0.4 is 10.6 Å². The summed E-state index contributed by atoms with van der Waals surface area (Å²) in [5.74, 6) is 0.0155. The second kappa shape index (κ2) is 7.46. The fourth-order valence-corrected chi connectivity index (χ4v) is 2.97. The number of para-hydroxylation sites is 1. The molecular weight excluding hydrogens is 262 g/mol. The Labute approximate surface area is 127 Å². The molecule has 1 amide bonds. The standard InChI is InChI=1S/C17H27N3O/c1-4-20-11-7-8-14(20)12-18-17(21)15-9-5-6-10-16(15)19-13(2)3/h5-6,9-10,13-14,19H,4,7-8,11-12H2,1-3H3,(H,18,21). The highest BCUT2D eigenvalue weighted by atomic mass is 16.1. The van der Waals surface area contributed by atoms with Gasteiger partial charge < -0.3 is 10.6 Å². The maximum Gasteiger partial charge on any atom is 0.253 e. The van der Waals surface area contributed by atoms with Gasteiger partial charge in [0.15, 0.2) is 0 Å². The third-order valence-electron chi connectivity index (χ3n) is 4.02. The van der Waals surface area contributed by atoms with Crippen LogP contribution in [0.2, 0.25) is 0 Å². The number of likely N-dealkylation sites (N-methyl/N-ethyl adjacent to an activating group) is 1. The van der Waals surface area contributed by atoms with Crippen molar-refractivity contribution < 1.29 is 4.79 Å². The molecule has 1 aliphatic rings. The molecule has 4 heteroatoms. The summed E-state index contributed by atoms with van der Waals surface area (Å²) in [7, 11) is 0. The quantitative estimate of drug-likeness (QED) is 0.846. The van der Waals surface area contributed by atoms with E-state index in [-0.39, 0.29) is 5.91 Å². The minimum absolute atomic E-state index is 0.0155. The SMILES string of the molecule is CCN1CCCC1CNC(=O)c1ccccc1NC(C)C. The number of anilines is 1. The van der Waals surface area contributed by atoms with Crippen LogP contribution in [0.3, 0.4) is 0 Å². The molecule has 1 fully saturated rings. The van der Waals surface area contributed by atoms with Gasteiger partial charge in [-0.1, -0.05) is 19.1 Å². The number of hydrogen-bond donors (Lipinski definition) is 2. The van der Waals surface area contributed by atoms with E-state index < -0.39 is 0 Å². The molecule has 1 aromatic rings. The van der Waals surface area contributed by atoms with Gasteiger partial charge in [0.2, 0.25) is 0 Å². The zero-order valence-electron chi connectivity index (χ0n) is 13.4. The Balaban J connectivity index is 1.97. The zero-order valence-corrected chi connectivity index (χ0v) is 13.4. The van der Waals surface area contributed by atoms with E-state index in [0.717, 1.165) is 30.9 Å². The van der Waals surface area contributed by atoms with Crippen molar-refractivity contribution >= 4 is 11.6 Å². The van der Waals surface area contributed by atoms with Gasteiger partial charge in [0, 0.05) is 24.3 Å². The van der Waals surface area contributed by atoms with Crippen LogP contribution in [-0.2, 0) is 0 Å². The first kappa shape index (κ1) is 15.8. The van der Waals surface area contributed by atoms with Gasteiger partial charge in [0.1, 0.15) is 0 Å². The van der Waals surface area contributed by atoms with E-state index in [2.05, 4.69) is 36.3 Å². The zero-order chi connectivity index (χ0) is 15.2. The lowest BCUT2D eigenvalue weighted by molar-refractivity contribution is 0.0942. The fourth-order valence-electron chi connectivity index (χ4n) is 2.97. The summed E-state index contributed by atoms with van der Waals surface area (Å²) in [6.07, 6.45) is 2.42. The number of hydrogen-bond acceptors (Lipinski definition) is 3. The summed E-state index contributed by atoms with van der Waals surface area (Å²) in [4.78, 5) is 14.9. The first-order valence-electron chi connectivity index (χ1n) is 7.99. The molecule has 1 heterocycles. The molecule has 2 N–H and O–H groups in total. The highest BCUT2D eigenvalue weighted by molar-refractivity contribution is 5.99. The van der Waals surface area contributed by atoms with Gasteiger partial charge in [-0.05, 0) is 51.9 Å². The van der Waals surface area contributed by atoms with E-state index >= 15 is 0 Å². The molecule has 0 bridgehead atoms. The Morgan fingerprint density at radius 3 is 2.86 bits per heavy atom. The monoisotopic (exact) mass is 289 g/mol. The van der Waals surface area contributed by atoms with E-state index in [1.54, 1.807) is 0 Å². The van der Waals surface area contributed by atoms with Crippen molar-refractivity contribution in [3.8, 4) is 0 Å². The molecule has 1 atom stereocenters. The van der Waals surface area contributed by atoms with E-state index in [9.17, 15) is 4.79 Å². The molecule has 116 valence electrons. The van der Waals surface area contributed by atoms with Crippen LogP contribution in [0.4, 0.5) is 5.69 Å². The molecule has 4 nitrogen and oxygen atoms in total. The lowest BCUT2D eigenvalue weighted by Gasteiger charge is -2.23. The van der Waals surface area contributed by atoms with Crippen LogP contribution in [0.15, 0.2) is 24.3 Å².